The molecule has 0 saturated heterocycles. The molecule has 0 heterocycles. The lowest BCUT2D eigenvalue weighted by Crippen LogP contribution is -2.31. The first-order valence-corrected chi connectivity index (χ1v) is 8.11. The van der Waals surface area contributed by atoms with Gasteiger partial charge in [0, 0.05) is 0 Å². The number of ether oxygens (including phenoxy) is 1. The van der Waals surface area contributed by atoms with Crippen LogP contribution in [-0.4, -0.2) is 18.5 Å². The van der Waals surface area contributed by atoms with Crippen LogP contribution < -0.4 is 5.32 Å². The molecule has 0 unspecified atom stereocenters. The number of esters is 1. The first-order valence-electron chi connectivity index (χ1n) is 8.11. The molecule has 25 heavy (non-hydrogen) atoms. The summed E-state index contributed by atoms with van der Waals surface area (Å²) in [6.45, 7) is 5.59. The molecule has 2 aromatic carbocycles. The summed E-state index contributed by atoms with van der Waals surface area (Å²) in [7, 11) is 0. The van der Waals surface area contributed by atoms with Crippen molar-refractivity contribution in [2.75, 3.05) is 6.61 Å². The van der Waals surface area contributed by atoms with E-state index in [1.165, 1.54) is 29.8 Å². The molecule has 1 N–H and O–H groups in total. The molecule has 132 valence electrons. The number of carbonyl (C=O) groups excluding carboxylic acids is 2. The summed E-state index contributed by atoms with van der Waals surface area (Å²) < 4.78 is 17.8. The van der Waals surface area contributed by atoms with E-state index < -0.39 is 5.97 Å². The summed E-state index contributed by atoms with van der Waals surface area (Å²) in [5.74, 6) is -1.25. The summed E-state index contributed by atoms with van der Waals surface area (Å²) in [5, 5.41) is 2.80. The Bertz CT molecular complexity index is 756. The molecule has 2 aromatic rings. The van der Waals surface area contributed by atoms with E-state index in [1.807, 2.05) is 39.0 Å². The maximum absolute atomic E-state index is 12.8. The third kappa shape index (κ3) is 5.71. The maximum atomic E-state index is 12.8. The highest BCUT2D eigenvalue weighted by Crippen LogP contribution is 2.16. The number of halogens is 1. The van der Waals surface area contributed by atoms with Gasteiger partial charge >= 0.3 is 5.97 Å². The molecule has 0 aliphatic carbocycles. The molecular weight excluding hydrogens is 321 g/mol. The summed E-state index contributed by atoms with van der Waals surface area (Å²) in [4.78, 5) is 23.7. The van der Waals surface area contributed by atoms with Gasteiger partial charge in [0.15, 0.2) is 6.61 Å². The summed E-state index contributed by atoms with van der Waals surface area (Å²) in [6, 6.07) is 11.4. The fraction of sp³-hybridized carbons (Fsp3) is 0.300. The monoisotopic (exact) mass is 343 g/mol. The minimum absolute atomic E-state index is 0.000268. The zero-order valence-electron chi connectivity index (χ0n) is 14.6. The Morgan fingerprint density at radius 1 is 1.08 bits per heavy atom. The number of hydrogen-bond donors (Lipinski definition) is 1. The molecule has 1 amide bonds. The molecule has 0 aliphatic rings. The van der Waals surface area contributed by atoms with Crippen molar-refractivity contribution >= 4 is 11.9 Å². The molecule has 5 heteroatoms. The highest BCUT2D eigenvalue weighted by molar-refractivity contribution is 5.81. The van der Waals surface area contributed by atoms with Crippen LogP contribution in [0.4, 0.5) is 4.39 Å². The quantitative estimate of drug-likeness (QED) is 0.818. The van der Waals surface area contributed by atoms with Crippen molar-refractivity contribution in [1.82, 2.24) is 5.32 Å². The van der Waals surface area contributed by atoms with E-state index in [4.69, 9.17) is 4.74 Å². The van der Waals surface area contributed by atoms with Gasteiger partial charge in [-0.25, -0.2) is 4.39 Å². The predicted molar refractivity (Wildman–Crippen MR) is 93.5 cm³/mol. The zero-order chi connectivity index (χ0) is 18.4. The van der Waals surface area contributed by atoms with Gasteiger partial charge < -0.3 is 10.1 Å². The van der Waals surface area contributed by atoms with Gasteiger partial charge in [-0.05, 0) is 55.2 Å². The van der Waals surface area contributed by atoms with Gasteiger partial charge in [0.2, 0.25) is 0 Å². The van der Waals surface area contributed by atoms with E-state index in [0.29, 0.717) is 5.56 Å². The molecule has 4 nitrogen and oxygen atoms in total. The lowest BCUT2D eigenvalue weighted by atomic mass is 10.0. The van der Waals surface area contributed by atoms with Crippen LogP contribution in [-0.2, 0) is 20.7 Å². The largest absolute Gasteiger partial charge is 0.455 e. The molecular formula is C20H22FNO3. The van der Waals surface area contributed by atoms with Crippen molar-refractivity contribution in [3.63, 3.8) is 0 Å². The van der Waals surface area contributed by atoms with Crippen LogP contribution in [0.5, 0.6) is 0 Å². The van der Waals surface area contributed by atoms with Gasteiger partial charge in [-0.15, -0.1) is 0 Å². The third-order valence-electron chi connectivity index (χ3n) is 4.03. The van der Waals surface area contributed by atoms with Gasteiger partial charge in [-0.3, -0.25) is 9.59 Å². The van der Waals surface area contributed by atoms with Gasteiger partial charge in [0.05, 0.1) is 12.5 Å². The van der Waals surface area contributed by atoms with E-state index in [2.05, 4.69) is 5.32 Å². The van der Waals surface area contributed by atoms with Crippen molar-refractivity contribution < 1.29 is 18.7 Å². The molecule has 2 rings (SSSR count). The fourth-order valence-corrected chi connectivity index (χ4v) is 2.37. The van der Waals surface area contributed by atoms with Gasteiger partial charge in [0.25, 0.3) is 5.91 Å². The Balaban J connectivity index is 1.80. The van der Waals surface area contributed by atoms with Crippen LogP contribution in [0.25, 0.3) is 0 Å². The summed E-state index contributed by atoms with van der Waals surface area (Å²) >= 11 is 0. The highest BCUT2D eigenvalue weighted by Gasteiger charge is 2.13. The number of hydrogen-bond acceptors (Lipinski definition) is 3. The van der Waals surface area contributed by atoms with Crippen molar-refractivity contribution in [2.24, 2.45) is 0 Å². The van der Waals surface area contributed by atoms with E-state index in [9.17, 15) is 14.0 Å². The SMILES string of the molecule is Cc1ccc([C@@H](C)NC(=O)COC(=O)Cc2ccc(F)cc2)cc1C. The Labute approximate surface area is 147 Å². The molecule has 0 bridgehead atoms. The number of aryl methyl sites for hydroxylation is 2. The number of carbonyl (C=O) groups is 2. The summed E-state index contributed by atoms with van der Waals surface area (Å²) in [6.07, 6.45) is 0.000268. The predicted octanol–water partition coefficient (Wildman–Crippen LogP) is 3.41. The second-order valence-electron chi connectivity index (χ2n) is 6.10. The van der Waals surface area contributed by atoms with E-state index in [0.717, 1.165) is 11.1 Å². The van der Waals surface area contributed by atoms with E-state index in [-0.39, 0.29) is 30.8 Å². The first kappa shape index (κ1) is 18.6. The van der Waals surface area contributed by atoms with E-state index in [1.54, 1.807) is 0 Å². The standard InChI is InChI=1S/C20H22FNO3/c1-13-4-7-17(10-14(13)2)15(3)22-19(23)12-25-20(24)11-16-5-8-18(21)9-6-16/h4-10,15H,11-12H2,1-3H3,(H,22,23)/t15-/m1/s1. The van der Waals surface area contributed by atoms with Crippen LogP contribution in [0.2, 0.25) is 0 Å². The van der Waals surface area contributed by atoms with Crippen molar-refractivity contribution in [3.05, 3.63) is 70.5 Å². The van der Waals surface area contributed by atoms with Crippen molar-refractivity contribution in [1.29, 1.82) is 0 Å². The summed E-state index contributed by atoms with van der Waals surface area (Å²) in [5.41, 5.74) is 3.98. The third-order valence-corrected chi connectivity index (χ3v) is 4.03. The minimum atomic E-state index is -0.527. The molecule has 0 radical (unpaired) electrons. The molecule has 0 aliphatic heterocycles. The first-order chi connectivity index (χ1) is 11.8. The lowest BCUT2D eigenvalue weighted by Gasteiger charge is -2.15. The lowest BCUT2D eigenvalue weighted by molar-refractivity contribution is -0.148. The molecule has 1 atom stereocenters. The van der Waals surface area contributed by atoms with Crippen molar-refractivity contribution in [2.45, 2.75) is 33.2 Å². The smallest absolute Gasteiger partial charge is 0.310 e. The Morgan fingerprint density at radius 2 is 1.76 bits per heavy atom. The van der Waals surface area contributed by atoms with Gasteiger partial charge in [-0.1, -0.05) is 30.3 Å². The van der Waals surface area contributed by atoms with Gasteiger partial charge in [-0.2, -0.15) is 0 Å². The average molecular weight is 343 g/mol. The number of rotatable bonds is 6. The van der Waals surface area contributed by atoms with Crippen LogP contribution in [0, 0.1) is 19.7 Å². The molecule has 0 fully saturated rings. The van der Waals surface area contributed by atoms with E-state index >= 15 is 0 Å². The molecule has 0 spiro atoms. The second kappa shape index (κ2) is 8.42. The van der Waals surface area contributed by atoms with Gasteiger partial charge in [0.1, 0.15) is 5.82 Å². The minimum Gasteiger partial charge on any atom is -0.455 e. The Hall–Kier alpha value is -2.69. The van der Waals surface area contributed by atoms with Crippen LogP contribution >= 0.6 is 0 Å². The zero-order valence-corrected chi connectivity index (χ0v) is 14.6. The number of nitrogens with one attached hydrogen (secondary N) is 1. The molecule has 0 saturated carbocycles. The van der Waals surface area contributed by atoms with Crippen LogP contribution in [0.15, 0.2) is 42.5 Å². The Morgan fingerprint density at radius 3 is 2.40 bits per heavy atom. The fourth-order valence-electron chi connectivity index (χ4n) is 2.37. The normalized spacial score (nSPS) is 11.7. The maximum Gasteiger partial charge on any atom is 0.310 e. The van der Waals surface area contributed by atoms with Crippen molar-refractivity contribution in [3.8, 4) is 0 Å². The molecule has 0 aromatic heterocycles. The number of benzene rings is 2. The number of amides is 1. The highest BCUT2D eigenvalue weighted by atomic mass is 19.1. The van der Waals surface area contributed by atoms with Crippen LogP contribution in [0.1, 0.15) is 35.2 Å². The van der Waals surface area contributed by atoms with Crippen LogP contribution in [0.3, 0.4) is 0 Å². The average Bonchev–Trinajstić information content (AvgIpc) is 2.57. The second-order valence-corrected chi connectivity index (χ2v) is 6.10. The Kier molecular flexibility index (Phi) is 6.28. The topological polar surface area (TPSA) is 55.4 Å².